The molecule has 4 N–H and O–H groups in total. The zero-order valence-corrected chi connectivity index (χ0v) is 10.6. The molecule has 0 aromatic carbocycles. The van der Waals surface area contributed by atoms with E-state index in [-0.39, 0.29) is 4.47 Å². The first-order chi connectivity index (χ1) is 8.45. The minimum atomic E-state index is -1.38. The molecule has 8 nitrogen and oxygen atoms in total. The molecule has 0 aliphatic carbocycles. The minimum absolute atomic E-state index is 0.0832. The summed E-state index contributed by atoms with van der Waals surface area (Å²) >= 11 is 2.94. The van der Waals surface area contributed by atoms with Gasteiger partial charge in [-0.2, -0.15) is 0 Å². The summed E-state index contributed by atoms with van der Waals surface area (Å²) in [5, 5.41) is 28.3. The Morgan fingerprint density at radius 3 is 2.61 bits per heavy atom. The van der Waals surface area contributed by atoms with E-state index >= 15 is 0 Å². The highest BCUT2D eigenvalue weighted by Crippen LogP contribution is 2.28. The van der Waals surface area contributed by atoms with Gasteiger partial charge in [0.2, 0.25) is 0 Å². The van der Waals surface area contributed by atoms with Gasteiger partial charge in [0.25, 0.3) is 5.56 Å². The second kappa shape index (κ2) is 4.94. The summed E-state index contributed by atoms with van der Waals surface area (Å²) < 4.78 is 6.19. The number of nitrogens with one attached hydrogen (secondary N) is 1. The third kappa shape index (κ3) is 2.15. The molecular formula is C9H11BrN2O6. The van der Waals surface area contributed by atoms with Crippen LogP contribution in [0.3, 0.4) is 0 Å². The number of hydrogen-bond acceptors (Lipinski definition) is 6. The van der Waals surface area contributed by atoms with Gasteiger partial charge < -0.3 is 20.1 Å². The molecule has 0 amide bonds. The molecule has 9 heteroatoms. The monoisotopic (exact) mass is 322 g/mol. The zero-order valence-electron chi connectivity index (χ0n) is 8.99. The lowest BCUT2D eigenvalue weighted by atomic mass is 10.1. The van der Waals surface area contributed by atoms with E-state index in [2.05, 4.69) is 15.9 Å². The van der Waals surface area contributed by atoms with E-state index in [1.807, 2.05) is 4.98 Å². The topological polar surface area (TPSA) is 125 Å². The van der Waals surface area contributed by atoms with Gasteiger partial charge in [-0.05, 0) is 15.9 Å². The highest BCUT2D eigenvalue weighted by molar-refractivity contribution is 9.10. The molecule has 1 aliphatic heterocycles. The number of rotatable bonds is 2. The highest BCUT2D eigenvalue weighted by atomic mass is 79.9. The maximum atomic E-state index is 11.6. The lowest BCUT2D eigenvalue weighted by Gasteiger charge is -2.17. The number of halogens is 1. The minimum Gasteiger partial charge on any atom is -0.394 e. The Hall–Kier alpha value is -1.00. The van der Waals surface area contributed by atoms with Gasteiger partial charge in [0.15, 0.2) is 6.23 Å². The van der Waals surface area contributed by atoms with Crippen LogP contribution in [0.15, 0.2) is 20.3 Å². The van der Waals surface area contributed by atoms with Crippen LogP contribution in [0.1, 0.15) is 6.23 Å². The average molecular weight is 323 g/mol. The summed E-state index contributed by atoms with van der Waals surface area (Å²) in [4.78, 5) is 24.8. The van der Waals surface area contributed by atoms with Gasteiger partial charge in [0, 0.05) is 6.20 Å². The molecule has 0 unspecified atom stereocenters. The fourth-order valence-corrected chi connectivity index (χ4v) is 2.08. The Labute approximate surface area is 109 Å². The highest BCUT2D eigenvalue weighted by Gasteiger charge is 2.43. The van der Waals surface area contributed by atoms with Crippen LogP contribution in [0.5, 0.6) is 0 Å². The van der Waals surface area contributed by atoms with Gasteiger partial charge in [-0.25, -0.2) is 4.79 Å². The van der Waals surface area contributed by atoms with Crippen molar-refractivity contribution in [1.82, 2.24) is 9.55 Å². The first-order valence-electron chi connectivity index (χ1n) is 5.09. The smallest absolute Gasteiger partial charge is 0.330 e. The summed E-state index contributed by atoms with van der Waals surface area (Å²) in [6.07, 6.45) is -3.68. The first kappa shape index (κ1) is 13.4. The van der Waals surface area contributed by atoms with Crippen LogP contribution in [0.4, 0.5) is 0 Å². The maximum Gasteiger partial charge on any atom is 0.330 e. The molecule has 2 rings (SSSR count). The standard InChI is InChI=1S/C9H11BrN2O6/c10-3-1-12(9(17)11-7(3)16)8-6(15)5(14)4(2-13)18-8/h1,4-6,8,13-15H,2H2,(H,11,16,17)/t4-,5+,6-,8-/m0/s1. The Morgan fingerprint density at radius 2 is 2.06 bits per heavy atom. The third-order valence-electron chi connectivity index (χ3n) is 2.72. The van der Waals surface area contributed by atoms with E-state index in [1.54, 1.807) is 0 Å². The molecule has 0 radical (unpaired) electrons. The SMILES string of the molecule is O=c1[nH]c(=O)n([C@H]2O[C@@H](CO)[C@@H](O)[C@@H]2O)cc1Br. The number of aliphatic hydroxyl groups excluding tert-OH is 3. The average Bonchev–Trinajstić information content (AvgIpc) is 2.61. The molecule has 1 aromatic heterocycles. The summed E-state index contributed by atoms with van der Waals surface area (Å²) in [7, 11) is 0. The molecule has 2 heterocycles. The van der Waals surface area contributed by atoms with E-state index in [0.29, 0.717) is 0 Å². The maximum absolute atomic E-state index is 11.6. The van der Waals surface area contributed by atoms with Crippen molar-refractivity contribution in [2.75, 3.05) is 6.61 Å². The van der Waals surface area contributed by atoms with Gasteiger partial charge in [0.1, 0.15) is 18.3 Å². The number of aromatic amines is 1. The van der Waals surface area contributed by atoms with E-state index in [9.17, 15) is 19.8 Å². The molecule has 0 bridgehead atoms. The predicted molar refractivity (Wildman–Crippen MR) is 62.0 cm³/mol. The Bertz CT molecular complexity index is 555. The van der Waals surface area contributed by atoms with Crippen molar-refractivity contribution in [3.8, 4) is 0 Å². The van der Waals surface area contributed by atoms with Gasteiger partial charge in [0.05, 0.1) is 11.1 Å². The quantitative estimate of drug-likeness (QED) is 0.495. The van der Waals surface area contributed by atoms with Gasteiger partial charge in [-0.15, -0.1) is 0 Å². The van der Waals surface area contributed by atoms with Crippen LogP contribution in [0.2, 0.25) is 0 Å². The van der Waals surface area contributed by atoms with Gasteiger partial charge in [-0.1, -0.05) is 0 Å². The second-order valence-electron chi connectivity index (χ2n) is 3.87. The molecule has 0 saturated carbocycles. The first-order valence-corrected chi connectivity index (χ1v) is 5.88. The number of ether oxygens (including phenoxy) is 1. The summed E-state index contributed by atoms with van der Waals surface area (Å²) in [6.45, 7) is -0.492. The van der Waals surface area contributed by atoms with Gasteiger partial charge in [-0.3, -0.25) is 14.3 Å². The number of nitrogens with zero attached hydrogens (tertiary/aromatic N) is 1. The largest absolute Gasteiger partial charge is 0.394 e. The van der Waals surface area contributed by atoms with Crippen LogP contribution in [0.25, 0.3) is 0 Å². The molecule has 0 spiro atoms. The van der Waals surface area contributed by atoms with Crippen LogP contribution in [-0.2, 0) is 4.74 Å². The predicted octanol–water partition coefficient (Wildman–Crippen LogP) is -2.09. The van der Waals surface area contributed by atoms with Gasteiger partial charge >= 0.3 is 5.69 Å². The second-order valence-corrected chi connectivity index (χ2v) is 4.73. The van der Waals surface area contributed by atoms with Crippen LogP contribution in [-0.4, -0.2) is 49.8 Å². The molecule has 4 atom stereocenters. The normalized spacial score (nSPS) is 31.8. The van der Waals surface area contributed by atoms with Crippen molar-refractivity contribution in [1.29, 1.82) is 0 Å². The summed E-state index contributed by atoms with van der Waals surface area (Å²) in [5.74, 6) is 0. The number of aromatic nitrogens is 2. The third-order valence-corrected chi connectivity index (χ3v) is 3.28. The number of hydrogen-bond donors (Lipinski definition) is 4. The molecule has 100 valence electrons. The van der Waals surface area contributed by atoms with Crippen molar-refractivity contribution >= 4 is 15.9 Å². The molecular weight excluding hydrogens is 312 g/mol. The number of aliphatic hydroxyl groups is 3. The number of H-pyrrole nitrogens is 1. The Balaban J connectivity index is 2.42. The van der Waals surface area contributed by atoms with Crippen molar-refractivity contribution in [3.63, 3.8) is 0 Å². The fourth-order valence-electron chi connectivity index (χ4n) is 1.76. The van der Waals surface area contributed by atoms with E-state index < -0.39 is 42.4 Å². The van der Waals surface area contributed by atoms with Crippen molar-refractivity contribution < 1.29 is 20.1 Å². The zero-order chi connectivity index (χ0) is 13.4. The van der Waals surface area contributed by atoms with Crippen LogP contribution < -0.4 is 11.2 Å². The van der Waals surface area contributed by atoms with E-state index in [1.165, 1.54) is 0 Å². The molecule has 1 aliphatic rings. The van der Waals surface area contributed by atoms with Crippen LogP contribution in [0, 0.1) is 0 Å². The van der Waals surface area contributed by atoms with Crippen molar-refractivity contribution in [3.05, 3.63) is 31.5 Å². The fraction of sp³-hybridized carbons (Fsp3) is 0.556. The van der Waals surface area contributed by atoms with E-state index in [4.69, 9.17) is 9.84 Å². The summed E-state index contributed by atoms with van der Waals surface area (Å²) in [6, 6.07) is 0. The lowest BCUT2D eigenvalue weighted by Crippen LogP contribution is -2.38. The Morgan fingerprint density at radius 1 is 1.39 bits per heavy atom. The molecule has 18 heavy (non-hydrogen) atoms. The lowest BCUT2D eigenvalue weighted by molar-refractivity contribution is -0.0551. The summed E-state index contributed by atoms with van der Waals surface area (Å²) in [5.41, 5.74) is -1.39. The Kier molecular flexibility index (Phi) is 3.69. The van der Waals surface area contributed by atoms with Crippen LogP contribution >= 0.6 is 15.9 Å². The van der Waals surface area contributed by atoms with Crippen molar-refractivity contribution in [2.24, 2.45) is 0 Å². The molecule has 1 fully saturated rings. The van der Waals surface area contributed by atoms with E-state index in [0.717, 1.165) is 10.8 Å². The molecule has 1 aromatic rings. The molecule has 1 saturated heterocycles. The van der Waals surface area contributed by atoms with Crippen molar-refractivity contribution in [2.45, 2.75) is 24.5 Å².